The Morgan fingerprint density at radius 1 is 1.50 bits per heavy atom. The molecule has 0 aliphatic carbocycles. The van der Waals surface area contributed by atoms with Crippen LogP contribution in [0.25, 0.3) is 0 Å². The molecule has 0 saturated heterocycles. The van der Waals surface area contributed by atoms with Gasteiger partial charge in [-0.2, -0.15) is 0 Å². The first-order valence-electron chi connectivity index (χ1n) is 6.17. The molecule has 0 atom stereocenters. The third kappa shape index (κ3) is 5.59. The van der Waals surface area contributed by atoms with Crippen molar-refractivity contribution in [2.75, 3.05) is 6.61 Å². The third-order valence-corrected chi connectivity index (χ3v) is 2.54. The largest absolute Gasteiger partial charge is 0.481 e. The lowest BCUT2D eigenvalue weighted by molar-refractivity contribution is -0.385. The highest BCUT2D eigenvalue weighted by atomic mass is 35.5. The lowest BCUT2D eigenvalue weighted by atomic mass is 10.1. The molecule has 110 valence electrons. The summed E-state index contributed by atoms with van der Waals surface area (Å²) >= 11 is 5.59. The molecule has 0 spiro atoms. The zero-order valence-electron chi connectivity index (χ0n) is 11.9. The van der Waals surface area contributed by atoms with Gasteiger partial charge in [0.05, 0.1) is 4.92 Å². The predicted octanol–water partition coefficient (Wildman–Crippen LogP) is 3.61. The van der Waals surface area contributed by atoms with Crippen molar-refractivity contribution in [3.8, 4) is 5.75 Å². The minimum Gasteiger partial charge on any atom is -0.481 e. The third-order valence-electron chi connectivity index (χ3n) is 2.43. The predicted molar refractivity (Wildman–Crippen MR) is 80.2 cm³/mol. The van der Waals surface area contributed by atoms with E-state index in [1.807, 2.05) is 20.8 Å². The summed E-state index contributed by atoms with van der Waals surface area (Å²) in [5.74, 6) is 0.191. The number of rotatable bonds is 6. The molecule has 20 heavy (non-hydrogen) atoms. The van der Waals surface area contributed by atoms with Crippen molar-refractivity contribution in [2.45, 2.75) is 32.9 Å². The van der Waals surface area contributed by atoms with Gasteiger partial charge in [-0.3, -0.25) is 10.1 Å². The number of ether oxygens (including phenoxy) is 1. The average molecular weight is 299 g/mol. The zero-order valence-corrected chi connectivity index (χ0v) is 12.7. The number of nitro groups is 1. The number of benzene rings is 1. The number of hydrogen-bond donors (Lipinski definition) is 1. The standard InChI is InChI=1S/C14H19ClN2O3/c1-10(15)9-20-13-6-5-11(7-12(13)17(18)19)8-16-14(2,3)4/h5-7,16H,1,8-9H2,2-4H3. The minimum atomic E-state index is -0.465. The van der Waals surface area contributed by atoms with Crippen molar-refractivity contribution in [2.24, 2.45) is 0 Å². The Morgan fingerprint density at radius 2 is 2.15 bits per heavy atom. The highest BCUT2D eigenvalue weighted by molar-refractivity contribution is 6.29. The molecular formula is C14H19ClN2O3. The Kier molecular flexibility index (Phi) is 5.53. The maximum atomic E-state index is 11.1. The Bertz CT molecular complexity index is 510. The molecule has 0 radical (unpaired) electrons. The second-order valence-electron chi connectivity index (χ2n) is 5.47. The number of nitrogens with one attached hydrogen (secondary N) is 1. The van der Waals surface area contributed by atoms with Crippen molar-refractivity contribution in [1.82, 2.24) is 5.32 Å². The molecule has 0 unspecified atom stereocenters. The molecule has 0 amide bonds. The maximum Gasteiger partial charge on any atom is 0.311 e. The summed E-state index contributed by atoms with van der Waals surface area (Å²) < 4.78 is 5.27. The van der Waals surface area contributed by atoms with Crippen LogP contribution in [0.4, 0.5) is 5.69 Å². The highest BCUT2D eigenvalue weighted by Crippen LogP contribution is 2.28. The molecule has 1 aromatic rings. The van der Waals surface area contributed by atoms with Gasteiger partial charge in [0, 0.05) is 23.2 Å². The molecule has 0 aliphatic heterocycles. The Morgan fingerprint density at radius 3 is 2.65 bits per heavy atom. The van der Waals surface area contributed by atoms with Gasteiger partial charge in [-0.05, 0) is 32.4 Å². The monoisotopic (exact) mass is 298 g/mol. The van der Waals surface area contributed by atoms with Crippen LogP contribution in [0.3, 0.4) is 0 Å². The smallest absolute Gasteiger partial charge is 0.311 e. The summed E-state index contributed by atoms with van der Waals surface area (Å²) in [6.45, 7) is 10.2. The lowest BCUT2D eigenvalue weighted by Crippen LogP contribution is -2.35. The number of hydrogen-bond acceptors (Lipinski definition) is 4. The molecule has 1 rings (SSSR count). The molecule has 0 heterocycles. The topological polar surface area (TPSA) is 64.4 Å². The van der Waals surface area contributed by atoms with Gasteiger partial charge in [0.1, 0.15) is 6.61 Å². The lowest BCUT2D eigenvalue weighted by Gasteiger charge is -2.20. The molecule has 1 N–H and O–H groups in total. The van der Waals surface area contributed by atoms with Crippen LogP contribution in [-0.4, -0.2) is 17.1 Å². The Hall–Kier alpha value is -1.59. The summed E-state index contributed by atoms with van der Waals surface area (Å²) in [7, 11) is 0. The van der Waals surface area contributed by atoms with Gasteiger partial charge in [-0.15, -0.1) is 0 Å². The van der Waals surface area contributed by atoms with E-state index in [2.05, 4.69) is 11.9 Å². The zero-order chi connectivity index (χ0) is 15.3. The molecular weight excluding hydrogens is 280 g/mol. The molecule has 0 aliphatic rings. The Balaban J connectivity index is 2.89. The van der Waals surface area contributed by atoms with Gasteiger partial charge in [0.25, 0.3) is 0 Å². The van der Waals surface area contributed by atoms with E-state index in [-0.39, 0.29) is 28.6 Å². The van der Waals surface area contributed by atoms with Gasteiger partial charge >= 0.3 is 5.69 Å². The van der Waals surface area contributed by atoms with E-state index in [9.17, 15) is 10.1 Å². The van der Waals surface area contributed by atoms with E-state index < -0.39 is 4.92 Å². The molecule has 0 fully saturated rings. The van der Waals surface area contributed by atoms with E-state index in [1.54, 1.807) is 12.1 Å². The van der Waals surface area contributed by atoms with Crippen LogP contribution in [0.2, 0.25) is 0 Å². The first kappa shape index (κ1) is 16.5. The fourth-order valence-corrected chi connectivity index (χ4v) is 1.52. The van der Waals surface area contributed by atoms with Crippen molar-refractivity contribution < 1.29 is 9.66 Å². The summed E-state index contributed by atoms with van der Waals surface area (Å²) in [4.78, 5) is 10.6. The molecule has 0 saturated carbocycles. The number of halogens is 1. The number of nitro benzene ring substituents is 1. The summed E-state index contributed by atoms with van der Waals surface area (Å²) in [6, 6.07) is 4.88. The normalized spacial score (nSPS) is 11.2. The van der Waals surface area contributed by atoms with E-state index in [4.69, 9.17) is 16.3 Å². The van der Waals surface area contributed by atoms with Crippen molar-refractivity contribution >= 4 is 17.3 Å². The molecule has 6 heteroatoms. The van der Waals surface area contributed by atoms with Crippen molar-refractivity contribution in [3.63, 3.8) is 0 Å². The van der Waals surface area contributed by atoms with Crippen LogP contribution in [0.5, 0.6) is 5.75 Å². The van der Waals surface area contributed by atoms with Gasteiger partial charge in [-0.1, -0.05) is 24.2 Å². The van der Waals surface area contributed by atoms with E-state index >= 15 is 0 Å². The van der Waals surface area contributed by atoms with Crippen LogP contribution < -0.4 is 10.1 Å². The summed E-state index contributed by atoms with van der Waals surface area (Å²) in [6.07, 6.45) is 0. The molecule has 1 aromatic carbocycles. The van der Waals surface area contributed by atoms with Gasteiger partial charge in [-0.25, -0.2) is 0 Å². The molecule has 5 nitrogen and oxygen atoms in total. The van der Waals surface area contributed by atoms with Crippen LogP contribution in [0, 0.1) is 10.1 Å². The highest BCUT2D eigenvalue weighted by Gasteiger charge is 2.17. The van der Waals surface area contributed by atoms with Gasteiger partial charge < -0.3 is 10.1 Å². The van der Waals surface area contributed by atoms with E-state index in [0.29, 0.717) is 6.54 Å². The fourth-order valence-electron chi connectivity index (χ4n) is 1.46. The van der Waals surface area contributed by atoms with Crippen molar-refractivity contribution in [3.05, 3.63) is 45.5 Å². The van der Waals surface area contributed by atoms with E-state index in [0.717, 1.165) is 5.56 Å². The molecule has 0 aromatic heterocycles. The number of nitrogens with zero attached hydrogens (tertiary/aromatic N) is 1. The van der Waals surface area contributed by atoms with Gasteiger partial charge in [0.2, 0.25) is 0 Å². The minimum absolute atomic E-state index is 0.0436. The summed E-state index contributed by atoms with van der Waals surface area (Å²) in [5, 5.41) is 14.6. The fraction of sp³-hybridized carbons (Fsp3) is 0.429. The van der Waals surface area contributed by atoms with Crippen LogP contribution in [0.15, 0.2) is 29.8 Å². The second kappa shape index (κ2) is 6.72. The Labute approximate surface area is 123 Å². The SMILES string of the molecule is C=C(Cl)COc1ccc(CNC(C)(C)C)cc1[N+](=O)[O-]. The average Bonchev–Trinajstić information content (AvgIpc) is 2.33. The molecule has 0 bridgehead atoms. The van der Waals surface area contributed by atoms with Crippen LogP contribution in [-0.2, 0) is 6.54 Å². The first-order valence-corrected chi connectivity index (χ1v) is 6.55. The van der Waals surface area contributed by atoms with Crippen LogP contribution >= 0.6 is 11.6 Å². The quantitative estimate of drug-likeness (QED) is 0.643. The maximum absolute atomic E-state index is 11.1. The second-order valence-corrected chi connectivity index (χ2v) is 6.00. The van der Waals surface area contributed by atoms with E-state index in [1.165, 1.54) is 6.07 Å². The summed E-state index contributed by atoms with van der Waals surface area (Å²) in [5.41, 5.74) is 0.695. The van der Waals surface area contributed by atoms with Crippen LogP contribution in [0.1, 0.15) is 26.3 Å². The van der Waals surface area contributed by atoms with Crippen molar-refractivity contribution in [1.29, 1.82) is 0 Å². The first-order chi connectivity index (χ1) is 9.19. The van der Waals surface area contributed by atoms with Gasteiger partial charge in [0.15, 0.2) is 5.75 Å².